The van der Waals surface area contributed by atoms with E-state index in [0.29, 0.717) is 17.7 Å². The third-order valence-corrected chi connectivity index (χ3v) is 4.51. The topological polar surface area (TPSA) is 51.8 Å². The van der Waals surface area contributed by atoms with Crippen LogP contribution in [0.1, 0.15) is 70.8 Å². The summed E-state index contributed by atoms with van der Waals surface area (Å²) in [6, 6.07) is 1.93. The zero-order chi connectivity index (χ0) is 14.7. The van der Waals surface area contributed by atoms with Crippen molar-refractivity contribution in [3.05, 3.63) is 17.6 Å². The summed E-state index contributed by atoms with van der Waals surface area (Å²) in [6.45, 7) is 9.10. The molecule has 0 aromatic carbocycles. The number of rotatable bonds is 4. The minimum atomic E-state index is 0.513. The van der Waals surface area contributed by atoms with Crippen LogP contribution in [-0.4, -0.2) is 9.97 Å². The van der Waals surface area contributed by atoms with E-state index in [1.54, 1.807) is 0 Å². The molecule has 3 nitrogen and oxygen atoms in total. The summed E-state index contributed by atoms with van der Waals surface area (Å²) in [5.74, 6) is 4.42. The number of anilines is 1. The number of hydrogen-bond donors (Lipinski definition) is 1. The van der Waals surface area contributed by atoms with Crippen LogP contribution in [0.3, 0.4) is 0 Å². The smallest absolute Gasteiger partial charge is 0.134 e. The van der Waals surface area contributed by atoms with E-state index in [0.717, 1.165) is 29.8 Å². The summed E-state index contributed by atoms with van der Waals surface area (Å²) in [7, 11) is 0. The van der Waals surface area contributed by atoms with Crippen LogP contribution in [0.4, 0.5) is 5.82 Å². The number of nitrogens with two attached hydrogens (primary N) is 1. The lowest BCUT2D eigenvalue weighted by molar-refractivity contribution is 0.254. The molecule has 0 aliphatic heterocycles. The first-order chi connectivity index (χ1) is 9.45. The lowest BCUT2D eigenvalue weighted by Gasteiger charge is -2.30. The van der Waals surface area contributed by atoms with Gasteiger partial charge in [-0.15, -0.1) is 0 Å². The molecule has 1 aliphatic carbocycles. The quantitative estimate of drug-likeness (QED) is 0.896. The maximum atomic E-state index is 5.97. The summed E-state index contributed by atoms with van der Waals surface area (Å²) in [5, 5.41) is 0. The standard InChI is InChI=1S/C17H29N3/c1-11(2)9-15-10-16(18)20-17(19-15)14-7-5-13(6-8-14)12(3)4/h10-14H,5-9H2,1-4H3,(H2,18,19,20). The van der Waals surface area contributed by atoms with Gasteiger partial charge in [0.05, 0.1) is 0 Å². The van der Waals surface area contributed by atoms with Gasteiger partial charge in [-0.3, -0.25) is 0 Å². The highest BCUT2D eigenvalue weighted by molar-refractivity contribution is 5.30. The first kappa shape index (κ1) is 15.3. The Morgan fingerprint density at radius 3 is 2.30 bits per heavy atom. The van der Waals surface area contributed by atoms with Gasteiger partial charge in [-0.05, 0) is 49.9 Å². The molecular formula is C17H29N3. The van der Waals surface area contributed by atoms with Gasteiger partial charge in [0.1, 0.15) is 11.6 Å². The molecule has 2 N–H and O–H groups in total. The van der Waals surface area contributed by atoms with E-state index in [9.17, 15) is 0 Å². The Labute approximate surface area is 123 Å². The van der Waals surface area contributed by atoms with Gasteiger partial charge >= 0.3 is 0 Å². The molecule has 1 aliphatic rings. The maximum absolute atomic E-state index is 5.97. The largest absolute Gasteiger partial charge is 0.384 e. The molecule has 0 bridgehead atoms. The third kappa shape index (κ3) is 3.94. The summed E-state index contributed by atoms with van der Waals surface area (Å²) < 4.78 is 0. The van der Waals surface area contributed by atoms with Crippen molar-refractivity contribution in [2.75, 3.05) is 5.73 Å². The molecule has 112 valence electrons. The lowest BCUT2D eigenvalue weighted by atomic mass is 9.76. The predicted molar refractivity (Wildman–Crippen MR) is 84.5 cm³/mol. The first-order valence-electron chi connectivity index (χ1n) is 8.09. The zero-order valence-corrected chi connectivity index (χ0v) is 13.4. The fourth-order valence-corrected chi connectivity index (χ4v) is 3.29. The van der Waals surface area contributed by atoms with E-state index in [4.69, 9.17) is 10.7 Å². The van der Waals surface area contributed by atoms with Crippen molar-refractivity contribution in [1.29, 1.82) is 0 Å². The molecule has 20 heavy (non-hydrogen) atoms. The predicted octanol–water partition coefficient (Wildman–Crippen LogP) is 4.19. The Hall–Kier alpha value is -1.12. The van der Waals surface area contributed by atoms with Crippen molar-refractivity contribution in [2.24, 2.45) is 17.8 Å². The van der Waals surface area contributed by atoms with Crippen molar-refractivity contribution in [3.8, 4) is 0 Å². The van der Waals surface area contributed by atoms with Crippen molar-refractivity contribution in [3.63, 3.8) is 0 Å². The second-order valence-electron chi connectivity index (χ2n) is 7.10. The van der Waals surface area contributed by atoms with Crippen LogP contribution in [-0.2, 0) is 6.42 Å². The number of nitrogen functional groups attached to an aromatic ring is 1. The Bertz CT molecular complexity index is 432. The molecule has 0 spiro atoms. The fraction of sp³-hybridized carbons (Fsp3) is 0.765. The lowest BCUT2D eigenvalue weighted by Crippen LogP contribution is -2.19. The van der Waals surface area contributed by atoms with Crippen molar-refractivity contribution in [2.45, 2.75) is 65.7 Å². The molecule has 1 saturated carbocycles. The van der Waals surface area contributed by atoms with Gasteiger partial charge in [0.15, 0.2) is 0 Å². The van der Waals surface area contributed by atoms with Crippen LogP contribution in [0, 0.1) is 17.8 Å². The molecule has 1 heterocycles. The molecule has 0 atom stereocenters. The van der Waals surface area contributed by atoms with E-state index < -0.39 is 0 Å². The van der Waals surface area contributed by atoms with Crippen LogP contribution < -0.4 is 5.73 Å². The Balaban J connectivity index is 2.07. The van der Waals surface area contributed by atoms with E-state index in [1.165, 1.54) is 25.7 Å². The van der Waals surface area contributed by atoms with Gasteiger partial charge in [0.2, 0.25) is 0 Å². The SMILES string of the molecule is CC(C)Cc1cc(N)nc(C2CCC(C(C)C)CC2)n1. The van der Waals surface area contributed by atoms with Gasteiger partial charge in [-0.1, -0.05) is 27.7 Å². The maximum Gasteiger partial charge on any atom is 0.134 e. The molecule has 0 saturated heterocycles. The van der Waals surface area contributed by atoms with Crippen molar-refractivity contribution in [1.82, 2.24) is 9.97 Å². The Morgan fingerprint density at radius 1 is 1.10 bits per heavy atom. The van der Waals surface area contributed by atoms with Crippen LogP contribution in [0.2, 0.25) is 0 Å². The molecule has 0 unspecified atom stereocenters. The summed E-state index contributed by atoms with van der Waals surface area (Å²) in [5.41, 5.74) is 7.07. The van der Waals surface area contributed by atoms with E-state index in [1.807, 2.05) is 6.07 Å². The highest BCUT2D eigenvalue weighted by Gasteiger charge is 2.26. The monoisotopic (exact) mass is 275 g/mol. The summed E-state index contributed by atoms with van der Waals surface area (Å²) in [4.78, 5) is 9.28. The molecule has 3 heteroatoms. The summed E-state index contributed by atoms with van der Waals surface area (Å²) >= 11 is 0. The van der Waals surface area contributed by atoms with Gasteiger partial charge in [0.25, 0.3) is 0 Å². The second-order valence-corrected chi connectivity index (χ2v) is 7.10. The van der Waals surface area contributed by atoms with Crippen LogP contribution >= 0.6 is 0 Å². The average Bonchev–Trinajstić information content (AvgIpc) is 2.37. The van der Waals surface area contributed by atoms with Crippen LogP contribution in [0.25, 0.3) is 0 Å². The number of nitrogens with zero attached hydrogens (tertiary/aromatic N) is 2. The second kappa shape index (κ2) is 6.55. The molecule has 1 aromatic heterocycles. The Morgan fingerprint density at radius 2 is 1.75 bits per heavy atom. The zero-order valence-electron chi connectivity index (χ0n) is 13.4. The van der Waals surface area contributed by atoms with Crippen LogP contribution in [0.15, 0.2) is 6.07 Å². The number of aromatic nitrogens is 2. The molecule has 1 aromatic rings. The Kier molecular flexibility index (Phi) is 5.00. The first-order valence-corrected chi connectivity index (χ1v) is 8.09. The van der Waals surface area contributed by atoms with Gasteiger partial charge in [0, 0.05) is 17.7 Å². The normalized spacial score (nSPS) is 23.5. The molecular weight excluding hydrogens is 246 g/mol. The van der Waals surface area contributed by atoms with Crippen LogP contribution in [0.5, 0.6) is 0 Å². The fourth-order valence-electron chi connectivity index (χ4n) is 3.29. The van der Waals surface area contributed by atoms with Gasteiger partial charge in [-0.2, -0.15) is 0 Å². The van der Waals surface area contributed by atoms with Crippen molar-refractivity contribution >= 4 is 5.82 Å². The summed E-state index contributed by atoms with van der Waals surface area (Å²) in [6.07, 6.45) is 6.03. The highest BCUT2D eigenvalue weighted by atomic mass is 15.0. The van der Waals surface area contributed by atoms with E-state index in [-0.39, 0.29) is 0 Å². The molecule has 1 fully saturated rings. The van der Waals surface area contributed by atoms with Gasteiger partial charge < -0.3 is 5.73 Å². The minimum Gasteiger partial charge on any atom is -0.384 e. The highest BCUT2D eigenvalue weighted by Crippen LogP contribution is 2.37. The average molecular weight is 275 g/mol. The third-order valence-electron chi connectivity index (χ3n) is 4.51. The number of hydrogen-bond acceptors (Lipinski definition) is 3. The minimum absolute atomic E-state index is 0.513. The van der Waals surface area contributed by atoms with Gasteiger partial charge in [-0.25, -0.2) is 9.97 Å². The molecule has 0 radical (unpaired) electrons. The molecule has 0 amide bonds. The molecule has 2 rings (SSSR count). The van der Waals surface area contributed by atoms with E-state index in [2.05, 4.69) is 32.7 Å². The van der Waals surface area contributed by atoms with E-state index >= 15 is 0 Å². The van der Waals surface area contributed by atoms with Crippen molar-refractivity contribution < 1.29 is 0 Å².